The number of halogens is 1. The number of likely N-dealkylation sites (tertiary alicyclic amines) is 1. The predicted molar refractivity (Wildman–Crippen MR) is 66.6 cm³/mol. The average Bonchev–Trinajstić information content (AvgIpc) is 2.53. The molecule has 5 heteroatoms. The maximum atomic E-state index is 12.1. The van der Waals surface area contributed by atoms with Crippen molar-refractivity contribution in [1.29, 1.82) is 0 Å². The van der Waals surface area contributed by atoms with E-state index in [0.717, 1.165) is 0 Å². The minimum Gasteiger partial charge on any atom is -0.338 e. The Morgan fingerprint density at radius 2 is 1.50 bits per heavy atom. The summed E-state index contributed by atoms with van der Waals surface area (Å²) >= 11 is 5.75. The van der Waals surface area contributed by atoms with E-state index in [9.17, 15) is 14.4 Å². The van der Waals surface area contributed by atoms with E-state index in [-0.39, 0.29) is 30.3 Å². The molecule has 0 bridgehead atoms. The lowest BCUT2D eigenvalue weighted by Gasteiger charge is -2.19. The van der Waals surface area contributed by atoms with Crippen LogP contribution in [0.2, 0.25) is 5.02 Å². The van der Waals surface area contributed by atoms with Crippen molar-refractivity contribution >= 4 is 29.1 Å². The molecule has 0 spiro atoms. The van der Waals surface area contributed by atoms with E-state index in [0.29, 0.717) is 23.7 Å². The summed E-state index contributed by atoms with van der Waals surface area (Å²) in [6, 6.07) is 6.56. The van der Waals surface area contributed by atoms with Gasteiger partial charge in [0.15, 0.2) is 11.6 Å². The second kappa shape index (κ2) is 5.31. The summed E-state index contributed by atoms with van der Waals surface area (Å²) in [5, 5.41) is 0.563. The summed E-state index contributed by atoms with van der Waals surface area (Å²) in [5.74, 6) is -0.947. The lowest BCUT2D eigenvalue weighted by molar-refractivity contribution is -0.135. The van der Waals surface area contributed by atoms with E-state index in [1.807, 2.05) is 0 Å². The molecule has 1 aromatic rings. The van der Waals surface area contributed by atoms with Gasteiger partial charge < -0.3 is 4.90 Å². The van der Waals surface area contributed by atoms with E-state index in [1.54, 1.807) is 24.3 Å². The molecule has 1 heterocycles. The number of hydrogen-bond donors (Lipinski definition) is 0. The Morgan fingerprint density at radius 1 is 1.00 bits per heavy atom. The van der Waals surface area contributed by atoms with Crippen molar-refractivity contribution in [3.63, 3.8) is 0 Å². The summed E-state index contributed by atoms with van der Waals surface area (Å²) in [4.78, 5) is 36.2. The van der Waals surface area contributed by atoms with Gasteiger partial charge in [-0.15, -0.1) is 0 Å². The van der Waals surface area contributed by atoms with Gasteiger partial charge in [-0.1, -0.05) is 11.6 Å². The van der Waals surface area contributed by atoms with Crippen molar-refractivity contribution in [3.8, 4) is 0 Å². The van der Waals surface area contributed by atoms with Gasteiger partial charge in [0.05, 0.1) is 0 Å². The van der Waals surface area contributed by atoms with Crippen molar-refractivity contribution in [2.75, 3.05) is 13.1 Å². The molecule has 1 fully saturated rings. The van der Waals surface area contributed by atoms with Gasteiger partial charge in [0.1, 0.15) is 0 Å². The highest BCUT2D eigenvalue weighted by atomic mass is 35.5. The minimum atomic E-state index is -0.388. The highest BCUT2D eigenvalue weighted by Gasteiger charge is 2.24. The predicted octanol–water partition coefficient (Wildman–Crippen LogP) is 1.71. The molecule has 0 aromatic heterocycles. The fraction of sp³-hybridized carbons (Fsp3) is 0.308. The van der Waals surface area contributed by atoms with Crippen LogP contribution in [0.1, 0.15) is 23.2 Å². The first-order valence-electron chi connectivity index (χ1n) is 5.69. The molecule has 2 rings (SSSR count). The number of amides is 1. The van der Waals surface area contributed by atoms with Crippen LogP contribution in [0, 0.1) is 0 Å². The second-order valence-electron chi connectivity index (χ2n) is 4.15. The van der Waals surface area contributed by atoms with Gasteiger partial charge in [0.25, 0.3) is 5.91 Å². The third-order valence-corrected chi connectivity index (χ3v) is 3.16. The topological polar surface area (TPSA) is 54.5 Å². The Labute approximate surface area is 110 Å². The van der Waals surface area contributed by atoms with Crippen molar-refractivity contribution in [2.24, 2.45) is 0 Å². The smallest absolute Gasteiger partial charge is 0.253 e. The lowest BCUT2D eigenvalue weighted by Crippen LogP contribution is -2.32. The molecule has 0 aliphatic carbocycles. The van der Waals surface area contributed by atoms with Crippen LogP contribution in [0.4, 0.5) is 0 Å². The fourth-order valence-corrected chi connectivity index (χ4v) is 1.97. The molecule has 1 saturated heterocycles. The first-order chi connectivity index (χ1) is 8.58. The van der Waals surface area contributed by atoms with Crippen LogP contribution in [0.25, 0.3) is 0 Å². The average molecular weight is 266 g/mol. The monoisotopic (exact) mass is 265 g/mol. The normalized spacial score (nSPS) is 16.6. The molecule has 4 nitrogen and oxygen atoms in total. The number of nitrogens with zero attached hydrogens (tertiary/aromatic N) is 1. The molecule has 18 heavy (non-hydrogen) atoms. The standard InChI is InChI=1S/C13H12ClNO3/c14-10-3-1-9(2-4-10)13(18)15-7-5-11(16)12(17)6-8-15/h1-4H,5-8H2. The number of ketones is 2. The molecule has 1 aliphatic rings. The van der Waals surface area contributed by atoms with E-state index >= 15 is 0 Å². The van der Waals surface area contributed by atoms with Gasteiger partial charge in [-0.3, -0.25) is 14.4 Å². The number of carbonyl (C=O) groups excluding carboxylic acids is 3. The molecule has 0 unspecified atom stereocenters. The quantitative estimate of drug-likeness (QED) is 0.727. The third kappa shape index (κ3) is 2.76. The van der Waals surface area contributed by atoms with Gasteiger partial charge in [0, 0.05) is 36.5 Å². The van der Waals surface area contributed by atoms with E-state index in [1.165, 1.54) is 4.90 Å². The van der Waals surface area contributed by atoms with Crippen molar-refractivity contribution in [1.82, 2.24) is 4.90 Å². The summed E-state index contributed by atoms with van der Waals surface area (Å²) in [5.41, 5.74) is 0.515. The molecular formula is C13H12ClNO3. The largest absolute Gasteiger partial charge is 0.338 e. The number of hydrogen-bond acceptors (Lipinski definition) is 3. The Balaban J connectivity index is 2.11. The summed E-state index contributed by atoms with van der Waals surface area (Å²) < 4.78 is 0. The lowest BCUT2D eigenvalue weighted by atomic mass is 10.2. The van der Waals surface area contributed by atoms with Crippen LogP contribution in [0.5, 0.6) is 0 Å². The summed E-state index contributed by atoms with van der Waals surface area (Å²) in [7, 11) is 0. The van der Waals surface area contributed by atoms with Gasteiger partial charge in [0.2, 0.25) is 0 Å². The number of benzene rings is 1. The Hall–Kier alpha value is -1.68. The zero-order chi connectivity index (χ0) is 13.1. The van der Waals surface area contributed by atoms with Crippen LogP contribution in [-0.4, -0.2) is 35.5 Å². The maximum Gasteiger partial charge on any atom is 0.253 e. The number of Topliss-reactive ketones (excluding diaryl/α,β-unsaturated/α-hetero) is 2. The van der Waals surface area contributed by atoms with Crippen molar-refractivity contribution < 1.29 is 14.4 Å². The maximum absolute atomic E-state index is 12.1. The SMILES string of the molecule is O=C1CCN(C(=O)c2ccc(Cl)cc2)CCC1=O. The highest BCUT2D eigenvalue weighted by molar-refractivity contribution is 6.37. The first-order valence-corrected chi connectivity index (χ1v) is 6.06. The molecular weight excluding hydrogens is 254 g/mol. The molecule has 0 saturated carbocycles. The van der Waals surface area contributed by atoms with Crippen LogP contribution >= 0.6 is 11.6 Å². The van der Waals surface area contributed by atoms with Crippen molar-refractivity contribution in [2.45, 2.75) is 12.8 Å². The minimum absolute atomic E-state index is 0.109. The van der Waals surface area contributed by atoms with Crippen LogP contribution in [0.15, 0.2) is 24.3 Å². The summed E-state index contributed by atoms with van der Waals surface area (Å²) in [6.07, 6.45) is 0.219. The molecule has 1 aliphatic heterocycles. The molecule has 94 valence electrons. The molecule has 0 N–H and O–H groups in total. The number of carbonyl (C=O) groups is 3. The van der Waals surface area contributed by atoms with Crippen molar-refractivity contribution in [3.05, 3.63) is 34.9 Å². The molecule has 1 aromatic carbocycles. The van der Waals surface area contributed by atoms with Crippen LogP contribution in [-0.2, 0) is 9.59 Å². The molecule has 1 amide bonds. The van der Waals surface area contributed by atoms with Gasteiger partial charge in [-0.25, -0.2) is 0 Å². The number of rotatable bonds is 1. The Morgan fingerprint density at radius 3 is 2.00 bits per heavy atom. The van der Waals surface area contributed by atoms with E-state index in [2.05, 4.69) is 0 Å². The molecule has 0 atom stereocenters. The van der Waals surface area contributed by atoms with Gasteiger partial charge in [-0.2, -0.15) is 0 Å². The summed E-state index contributed by atoms with van der Waals surface area (Å²) in [6.45, 7) is 0.595. The fourth-order valence-electron chi connectivity index (χ4n) is 1.84. The Bertz CT molecular complexity index is 477. The van der Waals surface area contributed by atoms with Crippen LogP contribution < -0.4 is 0 Å². The van der Waals surface area contributed by atoms with E-state index in [4.69, 9.17) is 11.6 Å². The zero-order valence-electron chi connectivity index (χ0n) is 9.69. The van der Waals surface area contributed by atoms with Crippen LogP contribution in [0.3, 0.4) is 0 Å². The van der Waals surface area contributed by atoms with Gasteiger partial charge >= 0.3 is 0 Å². The van der Waals surface area contributed by atoms with E-state index < -0.39 is 0 Å². The zero-order valence-corrected chi connectivity index (χ0v) is 10.4. The molecule has 0 radical (unpaired) electrons. The second-order valence-corrected chi connectivity index (χ2v) is 4.58. The highest BCUT2D eigenvalue weighted by Crippen LogP contribution is 2.13. The Kier molecular flexibility index (Phi) is 3.77. The third-order valence-electron chi connectivity index (χ3n) is 2.91. The first kappa shape index (κ1) is 12.8. The van der Waals surface area contributed by atoms with Gasteiger partial charge in [-0.05, 0) is 24.3 Å².